The van der Waals surface area contributed by atoms with Gasteiger partial charge in [-0.15, -0.1) is 0 Å². The molecule has 0 aliphatic rings. The topological polar surface area (TPSA) is 113 Å². The van der Waals surface area contributed by atoms with Crippen LogP contribution in [-0.4, -0.2) is 24.3 Å². The molecule has 0 aliphatic heterocycles. The first-order chi connectivity index (χ1) is 14.4. The highest BCUT2D eigenvalue weighted by Crippen LogP contribution is 2.27. The van der Waals surface area contributed by atoms with Gasteiger partial charge in [-0.25, -0.2) is 18.4 Å². The maximum Gasteiger partial charge on any atom is 0.261 e. The van der Waals surface area contributed by atoms with Crippen LogP contribution in [0, 0.1) is 0 Å². The Hall–Kier alpha value is -3.50. The first-order valence-corrected chi connectivity index (χ1v) is 11.2. The van der Waals surface area contributed by atoms with E-state index < -0.39 is 10.0 Å². The summed E-state index contributed by atoms with van der Waals surface area (Å²) in [6.45, 7) is 1.39. The molecule has 0 fully saturated rings. The van der Waals surface area contributed by atoms with Gasteiger partial charge in [0.15, 0.2) is 5.13 Å². The minimum Gasteiger partial charge on any atom is -0.331 e. The van der Waals surface area contributed by atoms with Gasteiger partial charge in [-0.05, 0) is 60.7 Å². The average Bonchev–Trinajstić information content (AvgIpc) is 3.11. The minimum atomic E-state index is -3.75. The molecule has 0 bridgehead atoms. The molecule has 0 radical (unpaired) electrons. The molecular formula is C20H17N5O3S2. The van der Waals surface area contributed by atoms with Crippen LogP contribution in [0.25, 0.3) is 10.3 Å². The van der Waals surface area contributed by atoms with E-state index in [1.807, 2.05) is 12.1 Å². The lowest BCUT2D eigenvalue weighted by Crippen LogP contribution is -2.13. The van der Waals surface area contributed by atoms with Gasteiger partial charge >= 0.3 is 0 Å². The van der Waals surface area contributed by atoms with Crippen molar-refractivity contribution >= 4 is 59.8 Å². The second-order valence-electron chi connectivity index (χ2n) is 6.36. The molecule has 8 nitrogen and oxygen atoms in total. The number of amides is 1. The van der Waals surface area contributed by atoms with Crippen molar-refractivity contribution < 1.29 is 13.2 Å². The van der Waals surface area contributed by atoms with Gasteiger partial charge in [-0.1, -0.05) is 11.3 Å². The molecule has 0 saturated heterocycles. The molecule has 10 heteroatoms. The van der Waals surface area contributed by atoms with Crippen LogP contribution in [0.3, 0.4) is 0 Å². The lowest BCUT2D eigenvalue weighted by atomic mass is 10.3. The Morgan fingerprint density at radius 1 is 0.933 bits per heavy atom. The van der Waals surface area contributed by atoms with Crippen LogP contribution in [0.4, 0.5) is 22.2 Å². The zero-order chi connectivity index (χ0) is 21.1. The van der Waals surface area contributed by atoms with Gasteiger partial charge in [0.05, 0.1) is 4.90 Å². The fourth-order valence-electron chi connectivity index (χ4n) is 2.70. The predicted molar refractivity (Wildman–Crippen MR) is 119 cm³/mol. The molecule has 4 aromatic rings. The molecule has 0 spiro atoms. The van der Waals surface area contributed by atoms with Crippen LogP contribution in [0.5, 0.6) is 0 Å². The number of carbonyl (C=O) groups excluding carboxylic acids is 1. The number of hydrogen-bond donors (Lipinski definition) is 3. The normalized spacial score (nSPS) is 11.2. The van der Waals surface area contributed by atoms with Crippen molar-refractivity contribution in [1.82, 2.24) is 9.97 Å². The van der Waals surface area contributed by atoms with E-state index in [-0.39, 0.29) is 10.8 Å². The number of thiazole rings is 1. The van der Waals surface area contributed by atoms with Gasteiger partial charge in [0.1, 0.15) is 10.3 Å². The van der Waals surface area contributed by atoms with E-state index in [2.05, 4.69) is 25.3 Å². The monoisotopic (exact) mass is 439 g/mol. The third-order valence-corrected chi connectivity index (χ3v) is 6.33. The van der Waals surface area contributed by atoms with Crippen LogP contribution < -0.4 is 15.4 Å². The molecular weight excluding hydrogens is 422 g/mol. The molecule has 3 N–H and O–H groups in total. The van der Waals surface area contributed by atoms with Gasteiger partial charge in [-0.3, -0.25) is 9.52 Å². The largest absolute Gasteiger partial charge is 0.331 e. The Morgan fingerprint density at radius 2 is 1.60 bits per heavy atom. The fraction of sp³-hybridized carbons (Fsp3) is 0.0500. The summed E-state index contributed by atoms with van der Waals surface area (Å²) < 4.78 is 27.7. The maximum absolute atomic E-state index is 12.6. The number of benzene rings is 2. The van der Waals surface area contributed by atoms with Gasteiger partial charge < -0.3 is 10.6 Å². The minimum absolute atomic E-state index is 0.0979. The van der Waals surface area contributed by atoms with Crippen molar-refractivity contribution in [1.29, 1.82) is 0 Å². The number of pyridine rings is 1. The Balaban J connectivity index is 1.45. The third kappa shape index (κ3) is 4.56. The summed E-state index contributed by atoms with van der Waals surface area (Å²) in [7, 11) is -3.75. The number of anilines is 4. The lowest BCUT2D eigenvalue weighted by Gasteiger charge is -2.10. The first kappa shape index (κ1) is 19.8. The number of rotatable bonds is 6. The quantitative estimate of drug-likeness (QED) is 0.415. The predicted octanol–water partition coefficient (Wildman–Crippen LogP) is 4.19. The second-order valence-corrected chi connectivity index (χ2v) is 9.02. The summed E-state index contributed by atoms with van der Waals surface area (Å²) in [5, 5.41) is 6.50. The van der Waals surface area contributed by atoms with E-state index in [1.54, 1.807) is 30.5 Å². The average molecular weight is 440 g/mol. The van der Waals surface area contributed by atoms with Crippen molar-refractivity contribution in [2.24, 2.45) is 0 Å². The van der Waals surface area contributed by atoms with Crippen molar-refractivity contribution in [2.45, 2.75) is 11.8 Å². The van der Waals surface area contributed by atoms with Gasteiger partial charge in [0.25, 0.3) is 10.0 Å². The van der Waals surface area contributed by atoms with Crippen LogP contribution in [0.15, 0.2) is 71.8 Å². The Kier molecular flexibility index (Phi) is 5.34. The second kappa shape index (κ2) is 8.09. The highest BCUT2D eigenvalue weighted by molar-refractivity contribution is 7.92. The lowest BCUT2D eigenvalue weighted by molar-refractivity contribution is -0.114. The highest BCUT2D eigenvalue weighted by Gasteiger charge is 2.14. The zero-order valence-electron chi connectivity index (χ0n) is 15.8. The standard InChI is InChI=1S/C20H17N5O3S2/c1-13(26)22-14-8-10-17(11-9-14)30(27,28)25-16-6-4-15(5-7-16)23-20-24-18-3-2-12-21-19(18)29-20/h2-12,25H,1H3,(H,22,26)(H,23,24). The fourth-order valence-corrected chi connectivity index (χ4v) is 4.59. The number of sulfonamides is 1. The molecule has 0 atom stereocenters. The zero-order valence-corrected chi connectivity index (χ0v) is 17.4. The Labute approximate surface area is 177 Å². The molecule has 0 saturated carbocycles. The third-order valence-electron chi connectivity index (χ3n) is 4.04. The summed E-state index contributed by atoms with van der Waals surface area (Å²) >= 11 is 1.44. The number of nitrogens with zero attached hydrogens (tertiary/aromatic N) is 2. The molecule has 4 rings (SSSR count). The molecule has 2 aromatic heterocycles. The molecule has 1 amide bonds. The van der Waals surface area contributed by atoms with Crippen LogP contribution in [0.2, 0.25) is 0 Å². The summed E-state index contributed by atoms with van der Waals surface area (Å²) in [5.41, 5.74) is 2.55. The number of carbonyl (C=O) groups is 1. The van der Waals surface area contributed by atoms with E-state index in [9.17, 15) is 13.2 Å². The van der Waals surface area contributed by atoms with Crippen molar-refractivity contribution in [3.05, 3.63) is 66.9 Å². The van der Waals surface area contributed by atoms with Gasteiger partial charge in [0, 0.05) is 30.2 Å². The van der Waals surface area contributed by atoms with Crippen molar-refractivity contribution in [3.63, 3.8) is 0 Å². The van der Waals surface area contributed by atoms with E-state index >= 15 is 0 Å². The van der Waals surface area contributed by atoms with E-state index in [1.165, 1.54) is 42.5 Å². The SMILES string of the molecule is CC(=O)Nc1ccc(S(=O)(=O)Nc2ccc(Nc3nc4cccnc4s3)cc2)cc1. The number of fused-ring (bicyclic) bond motifs is 1. The molecule has 0 unspecified atom stereocenters. The van der Waals surface area contributed by atoms with Crippen LogP contribution >= 0.6 is 11.3 Å². The van der Waals surface area contributed by atoms with Gasteiger partial charge in [0.2, 0.25) is 5.91 Å². The van der Waals surface area contributed by atoms with Crippen molar-refractivity contribution in [2.75, 3.05) is 15.4 Å². The first-order valence-electron chi connectivity index (χ1n) is 8.88. The van der Waals surface area contributed by atoms with E-state index in [0.29, 0.717) is 16.5 Å². The molecule has 0 aliphatic carbocycles. The molecule has 2 heterocycles. The molecule has 2 aromatic carbocycles. The molecule has 152 valence electrons. The highest BCUT2D eigenvalue weighted by atomic mass is 32.2. The summed E-state index contributed by atoms with van der Waals surface area (Å²) in [5.74, 6) is -0.223. The van der Waals surface area contributed by atoms with Crippen LogP contribution in [0.1, 0.15) is 6.92 Å². The number of aromatic nitrogens is 2. The van der Waals surface area contributed by atoms with Gasteiger partial charge in [-0.2, -0.15) is 0 Å². The molecule has 30 heavy (non-hydrogen) atoms. The van der Waals surface area contributed by atoms with E-state index in [0.717, 1.165) is 16.0 Å². The van der Waals surface area contributed by atoms with Crippen molar-refractivity contribution in [3.8, 4) is 0 Å². The summed E-state index contributed by atoms with van der Waals surface area (Å²) in [6, 6.07) is 16.5. The van der Waals surface area contributed by atoms with Crippen LogP contribution in [-0.2, 0) is 14.8 Å². The maximum atomic E-state index is 12.6. The Bertz CT molecular complexity index is 1270. The Morgan fingerprint density at radius 3 is 2.27 bits per heavy atom. The summed E-state index contributed by atoms with van der Waals surface area (Å²) in [6.07, 6.45) is 1.72. The summed E-state index contributed by atoms with van der Waals surface area (Å²) in [4.78, 5) is 20.7. The van der Waals surface area contributed by atoms with E-state index in [4.69, 9.17) is 0 Å². The number of hydrogen-bond acceptors (Lipinski definition) is 7. The number of nitrogens with one attached hydrogen (secondary N) is 3. The smallest absolute Gasteiger partial charge is 0.261 e.